The van der Waals surface area contributed by atoms with E-state index < -0.39 is 445 Å². The third-order valence-corrected chi connectivity index (χ3v) is 27.0. The van der Waals surface area contributed by atoms with Gasteiger partial charge in [0, 0.05) is 50.6 Å². The van der Waals surface area contributed by atoms with Crippen LogP contribution in [0.1, 0.15) is 40.5 Å². The fourth-order valence-corrected chi connectivity index (χ4v) is 18.2. The van der Waals surface area contributed by atoms with Crippen molar-refractivity contribution >= 4 is 11.8 Å². The Bertz CT molecular complexity index is 3660. The maximum absolute atomic E-state index is 13.5. The predicted octanol–water partition coefficient (Wildman–Crippen LogP) is -22.2. The minimum Gasteiger partial charge on any atom is -0.394 e. The third kappa shape index (κ3) is 23.6. The van der Waals surface area contributed by atoms with Crippen LogP contribution in [0.25, 0.3) is 0 Å². The first-order chi connectivity index (χ1) is 64.2. The molecule has 0 radical (unpaired) electrons. The van der Waals surface area contributed by atoms with E-state index in [0.29, 0.717) is 0 Å². The quantitative estimate of drug-likeness (QED) is 0.0275. The molecule has 57 atom stereocenters. The minimum atomic E-state index is -2.63. The summed E-state index contributed by atoms with van der Waals surface area (Å²) in [4.78, 5) is 27.1. The fourth-order valence-electron chi connectivity index (χ4n) is 18.2. The van der Waals surface area contributed by atoms with Crippen molar-refractivity contribution in [3.05, 3.63) is 0 Å². The van der Waals surface area contributed by atoms with E-state index in [1.807, 2.05) is 0 Å². The summed E-state index contributed by atoms with van der Waals surface area (Å²) < 4.78 is 126. The lowest BCUT2D eigenvalue weighted by Crippen LogP contribution is -2.68. The Morgan fingerprint density at radius 2 is 0.603 bits per heavy atom. The van der Waals surface area contributed by atoms with Crippen molar-refractivity contribution in [1.29, 1.82) is 0 Å². The molecule has 0 bridgehead atoms. The molecule has 2 amide bonds. The van der Waals surface area contributed by atoms with Crippen molar-refractivity contribution < 1.29 is 267 Å². The molecule has 0 spiro atoms. The molecule has 0 aliphatic carbocycles. The molecule has 11 heterocycles. The van der Waals surface area contributed by atoms with Gasteiger partial charge in [0.25, 0.3) is 23.4 Å². The zero-order valence-corrected chi connectivity index (χ0v) is 74.4. The van der Waals surface area contributed by atoms with E-state index in [0.717, 1.165) is 14.1 Å². The molecule has 136 heavy (non-hydrogen) atoms. The van der Waals surface area contributed by atoms with E-state index in [1.54, 1.807) is 0 Å². The number of nitrogens with two attached hydrogens (primary N) is 2. The van der Waals surface area contributed by atoms with Gasteiger partial charge in [-0.1, -0.05) is 27.7 Å². The molecule has 11 aliphatic rings. The number of hydrogen-bond acceptors (Lipinski definition) is 56. The molecule has 0 aromatic carbocycles. The van der Waals surface area contributed by atoms with Crippen molar-refractivity contribution in [3.63, 3.8) is 0 Å². The average Bonchev–Trinajstić information content (AvgIpc) is 0.768. The molecule has 58 heteroatoms. The van der Waals surface area contributed by atoms with E-state index in [2.05, 4.69) is 10.6 Å². The second kappa shape index (κ2) is 48.4. The summed E-state index contributed by atoms with van der Waals surface area (Å²) in [6.07, 6.45) is -98.7. The first kappa shape index (κ1) is 113. The van der Waals surface area contributed by atoms with Gasteiger partial charge in [0.05, 0.1) is 121 Å². The van der Waals surface area contributed by atoms with Crippen LogP contribution in [0.2, 0.25) is 0 Å². The van der Waals surface area contributed by atoms with Crippen LogP contribution in [0.4, 0.5) is 0 Å². The number of likely N-dealkylation sites (N-methyl/N-ethyl adjacent to an activating group) is 2. The highest BCUT2D eigenvalue weighted by atomic mass is 16.8. The number of ether oxygens (including phenoxy) is 21. The highest BCUT2D eigenvalue weighted by Crippen LogP contribution is 2.44. The molecular weight excluding hydrogens is 1860 g/mol. The van der Waals surface area contributed by atoms with E-state index >= 15 is 0 Å². The number of carbonyl (C=O) groups is 2. The monoisotopic (exact) mass is 1990 g/mol. The number of aliphatic hydroxyl groups excluding tert-OH is 31. The van der Waals surface area contributed by atoms with Gasteiger partial charge in [-0.2, -0.15) is 0 Å². The van der Waals surface area contributed by atoms with E-state index in [1.165, 1.54) is 27.7 Å². The van der Waals surface area contributed by atoms with Crippen molar-refractivity contribution in [1.82, 2.24) is 10.6 Å². The zero-order chi connectivity index (χ0) is 100. The van der Waals surface area contributed by atoms with Crippen LogP contribution in [-0.2, 0) is 109 Å². The van der Waals surface area contributed by atoms with Crippen molar-refractivity contribution in [2.24, 2.45) is 35.1 Å². The van der Waals surface area contributed by atoms with Crippen molar-refractivity contribution in [3.8, 4) is 0 Å². The van der Waals surface area contributed by atoms with E-state index in [4.69, 9.17) is 111 Å². The molecule has 24 unspecified atom stereocenters. The summed E-state index contributed by atoms with van der Waals surface area (Å²) in [5.41, 5.74) is 12.1. The van der Waals surface area contributed by atoms with Gasteiger partial charge >= 0.3 is 0 Å². The smallest absolute Gasteiger partial charge is 0.280 e. The van der Waals surface area contributed by atoms with Crippen LogP contribution in [0.3, 0.4) is 0 Å². The molecule has 792 valence electrons. The van der Waals surface area contributed by atoms with Crippen molar-refractivity contribution in [2.45, 2.75) is 365 Å². The summed E-state index contributed by atoms with van der Waals surface area (Å²) >= 11 is 0. The minimum absolute atomic E-state index is 0.769. The number of nitrogens with one attached hydrogen (secondary N) is 2. The Morgan fingerprint density at radius 1 is 0.316 bits per heavy atom. The summed E-state index contributed by atoms with van der Waals surface area (Å²) in [6, 6.07) is -3.01. The normalized spacial score (nSPS) is 50.3. The van der Waals surface area contributed by atoms with Crippen LogP contribution in [-0.4, -0.2) is 581 Å². The molecule has 58 nitrogen and oxygen atoms in total. The molecule has 37 N–H and O–H groups in total. The Hall–Kier alpha value is -3.22. The highest BCUT2D eigenvalue weighted by Gasteiger charge is 2.63. The number of amides is 2. The lowest BCUT2D eigenvalue weighted by atomic mass is 9.89. The highest BCUT2D eigenvalue weighted by molar-refractivity contribution is 5.84. The Morgan fingerprint density at radius 3 is 0.956 bits per heavy atom. The summed E-state index contributed by atoms with van der Waals surface area (Å²) in [6.45, 7) is -6.35. The third-order valence-electron chi connectivity index (χ3n) is 27.0. The summed E-state index contributed by atoms with van der Waals surface area (Å²) in [5.74, 6) is -12.8. The first-order valence-electron chi connectivity index (χ1n) is 44.5. The lowest BCUT2D eigenvalue weighted by molar-refractivity contribution is -0.403. The maximum Gasteiger partial charge on any atom is 0.280 e. The van der Waals surface area contributed by atoms with Gasteiger partial charge < -0.3 is 280 Å². The van der Waals surface area contributed by atoms with E-state index in [9.17, 15) is 168 Å². The molecule has 0 saturated carbocycles. The predicted molar refractivity (Wildman–Crippen MR) is 426 cm³/mol. The molecular formula is C78H136N4O54. The van der Waals surface area contributed by atoms with Gasteiger partial charge in [0.2, 0.25) is 0 Å². The Balaban J connectivity index is 0.831. The molecule has 0 aromatic heterocycles. The molecule has 0 aromatic rings. The van der Waals surface area contributed by atoms with Crippen LogP contribution in [0, 0.1) is 23.7 Å². The van der Waals surface area contributed by atoms with Gasteiger partial charge in [0.1, 0.15) is 208 Å². The largest absolute Gasteiger partial charge is 0.394 e. The molecule has 11 aliphatic heterocycles. The van der Waals surface area contributed by atoms with Gasteiger partial charge in [-0.05, 0) is 0 Å². The SMILES string of the molecule is CNC(=O)[C@@]1(OCC2O[C@@H](O[C@@H]3C(CO)O[C@@H](OC4C(O)[C@H](O)[C@@H](CO)O[C@@H]4OC4[C@H](O)C(CO[C@H]5OC(CO)[C@@H](O)C(O)C5O[C@@H]5O[C@@H](CO)[C@@H](O[C@@H]6OC(CO[C@]7(C(=O)NC)C[C@@H](O)[C@@H](N)C([C@H](O)C(O)CO)O7)[C@H](O)C(O)[C@@H]6O)C(O)C5C)O[C@@H](O[C@@H]5C(CO)O[C@@H](O[C@@H]6C(CO)O[C@@H](O)[C@@H](C)C6O)C(C)C5O)[C@@H]4O)[C@@H](C)C3O)[C@@H](O)C(O)[C@H]2O)C[C@@H](O)[C@@H](N)C([C@H](O)C(O)CO)O1. The Kier molecular flexibility index (Phi) is 40.3. The number of hydrogen-bond donors (Lipinski definition) is 35. The Labute approximate surface area is 774 Å². The number of aliphatic hydroxyl groups is 31. The molecule has 11 rings (SSSR count). The number of rotatable bonds is 37. The zero-order valence-electron chi connectivity index (χ0n) is 74.4. The fraction of sp³-hybridized carbons (Fsp3) is 0.974. The maximum atomic E-state index is 13.5. The van der Waals surface area contributed by atoms with Crippen LogP contribution >= 0.6 is 0 Å². The first-order valence-corrected chi connectivity index (χ1v) is 44.5. The van der Waals surface area contributed by atoms with Gasteiger partial charge in [-0.25, -0.2) is 0 Å². The van der Waals surface area contributed by atoms with Crippen LogP contribution in [0.15, 0.2) is 0 Å². The standard InChI is InChI=1S/C78H136N4O54/c1-20-39(95)57(30(13-87)119-66(20)113)128-67-21(2)40(96)60(33(16-90)122-67)131-72-56(112)63(132-74-65(53(109)46(102)29(12-86)121-74)134-69-23(4)42(98)59(32(15-89)124-69)130-71-55(111)51(107)48(104)36(127-71)19-118-78(76(115)82-6)8-25(92)38(80)62(136-78)44(100)27(94)10-84)49(105)34(125-72)17-116-73-64(52(108)45(101)28(11-85)120-73)133-68-22(3)41(97)58(31(14-88)123-68)129-70-54(110)50(106)47(103)35(126-70)18-117-77(75(114)81-5)7-24(91)37(79)61(135-77)43(99)26(93)9-83/h20-74,83-113H,7-19,79-80H2,1-6H3,(H,81,114)(H,82,115)/t20-,21?,22?,23-,24+,25+,26?,27?,28?,29+,30?,31-,32?,33?,34?,35?,36?,37+,38+,39?,40?,41?,42?,43+,44+,45+,46+,47-,48-,49+,50?,51?,52?,53?,54-,55-,56+,57+,58+,59+,60+,61?,62?,63?,64?,65?,66+,67-,68-,69-,70-,71-,72-,73-,74+,77+,78+/m0/s1. The lowest BCUT2D eigenvalue weighted by Gasteiger charge is -2.51. The summed E-state index contributed by atoms with van der Waals surface area (Å²) in [5, 5.41) is 350. The van der Waals surface area contributed by atoms with Crippen LogP contribution < -0.4 is 22.1 Å². The van der Waals surface area contributed by atoms with E-state index in [-0.39, 0.29) is 0 Å². The molecule has 11 fully saturated rings. The topological polar surface area (TPSA) is 931 Å². The molecule has 11 saturated heterocycles. The van der Waals surface area contributed by atoms with Gasteiger partial charge in [-0.3, -0.25) is 9.59 Å². The average molecular weight is 1990 g/mol. The van der Waals surface area contributed by atoms with Gasteiger partial charge in [0.15, 0.2) is 56.6 Å². The summed E-state index contributed by atoms with van der Waals surface area (Å²) in [7, 11) is 2.24. The van der Waals surface area contributed by atoms with Crippen molar-refractivity contribution in [2.75, 3.05) is 86.8 Å². The second-order valence-corrected chi connectivity index (χ2v) is 36.0. The van der Waals surface area contributed by atoms with Gasteiger partial charge in [-0.15, -0.1) is 0 Å². The van der Waals surface area contributed by atoms with Crippen LogP contribution in [0.5, 0.6) is 0 Å². The number of carbonyl (C=O) groups excluding carboxylic acids is 2. The second-order valence-electron chi connectivity index (χ2n) is 36.0.